The lowest BCUT2D eigenvalue weighted by Crippen LogP contribution is -2.57. The van der Waals surface area contributed by atoms with E-state index < -0.39 is 6.04 Å². The van der Waals surface area contributed by atoms with Gasteiger partial charge in [-0.05, 0) is 25.5 Å². The monoisotopic (exact) mass is 248 g/mol. The maximum absolute atomic E-state index is 12.0. The van der Waals surface area contributed by atoms with Crippen molar-refractivity contribution >= 4 is 11.6 Å². The van der Waals surface area contributed by atoms with E-state index in [0.29, 0.717) is 6.54 Å². The predicted molar refractivity (Wildman–Crippen MR) is 71.8 cm³/mol. The van der Waals surface area contributed by atoms with Gasteiger partial charge in [-0.15, -0.1) is 0 Å². The van der Waals surface area contributed by atoms with Gasteiger partial charge in [0.15, 0.2) is 0 Å². The molecule has 1 aromatic carbocycles. The molecule has 2 rings (SSSR count). The molecule has 1 saturated heterocycles. The molecule has 0 aliphatic carbocycles. The summed E-state index contributed by atoms with van der Waals surface area (Å²) in [5.41, 5.74) is 3.39. The van der Waals surface area contributed by atoms with Crippen molar-refractivity contribution in [2.24, 2.45) is 0 Å². The molecule has 1 amide bonds. The van der Waals surface area contributed by atoms with E-state index in [1.807, 2.05) is 24.0 Å². The number of aliphatic hydroxyl groups is 1. The molecule has 0 saturated carbocycles. The van der Waals surface area contributed by atoms with Gasteiger partial charge in [-0.25, -0.2) is 0 Å². The molecule has 1 unspecified atom stereocenters. The minimum Gasteiger partial charge on any atom is -0.394 e. The van der Waals surface area contributed by atoms with Gasteiger partial charge in [-0.3, -0.25) is 4.79 Å². The fourth-order valence-electron chi connectivity index (χ4n) is 2.50. The highest BCUT2D eigenvalue weighted by Crippen LogP contribution is 2.25. The molecule has 1 aromatic rings. The number of aliphatic hydroxyl groups excluding tert-OH is 1. The lowest BCUT2D eigenvalue weighted by Gasteiger charge is -2.40. The zero-order valence-electron chi connectivity index (χ0n) is 11.2. The standard InChI is InChI=1S/C14H20N2O2/c1-10-4-5-12(11(2)8-10)16-7-6-15(3)14(18)13(16)9-17/h4-5,8,13,17H,6-7,9H2,1-3H3. The number of anilines is 1. The topological polar surface area (TPSA) is 43.8 Å². The van der Waals surface area contributed by atoms with Gasteiger partial charge in [0.1, 0.15) is 6.04 Å². The first kappa shape index (κ1) is 12.9. The van der Waals surface area contributed by atoms with Gasteiger partial charge in [0.2, 0.25) is 5.91 Å². The van der Waals surface area contributed by atoms with Crippen LogP contribution in [0.3, 0.4) is 0 Å². The minimum atomic E-state index is -0.454. The van der Waals surface area contributed by atoms with Crippen LogP contribution in [0.5, 0.6) is 0 Å². The largest absolute Gasteiger partial charge is 0.394 e. The van der Waals surface area contributed by atoms with E-state index in [4.69, 9.17) is 0 Å². The molecule has 18 heavy (non-hydrogen) atoms. The van der Waals surface area contributed by atoms with E-state index in [1.54, 1.807) is 11.9 Å². The first-order valence-corrected chi connectivity index (χ1v) is 6.24. The number of amides is 1. The minimum absolute atomic E-state index is 0.0104. The van der Waals surface area contributed by atoms with Crippen LogP contribution in [0.1, 0.15) is 11.1 Å². The summed E-state index contributed by atoms with van der Waals surface area (Å²) in [6.07, 6.45) is 0. The van der Waals surface area contributed by atoms with Gasteiger partial charge in [0.05, 0.1) is 6.61 Å². The van der Waals surface area contributed by atoms with Gasteiger partial charge in [-0.2, -0.15) is 0 Å². The third-order valence-corrected chi connectivity index (χ3v) is 3.55. The van der Waals surface area contributed by atoms with Gasteiger partial charge in [0, 0.05) is 25.8 Å². The third kappa shape index (κ3) is 2.20. The van der Waals surface area contributed by atoms with Crippen LogP contribution in [0.15, 0.2) is 18.2 Å². The Morgan fingerprint density at radius 1 is 1.33 bits per heavy atom. The predicted octanol–water partition coefficient (Wildman–Crippen LogP) is 0.943. The fourth-order valence-corrected chi connectivity index (χ4v) is 2.50. The second kappa shape index (κ2) is 4.98. The van der Waals surface area contributed by atoms with Crippen molar-refractivity contribution in [3.8, 4) is 0 Å². The molecular formula is C14H20N2O2. The molecule has 1 heterocycles. The molecule has 0 spiro atoms. The van der Waals surface area contributed by atoms with Crippen molar-refractivity contribution in [3.05, 3.63) is 29.3 Å². The Bertz CT molecular complexity index is 459. The van der Waals surface area contributed by atoms with Crippen LogP contribution in [0, 0.1) is 13.8 Å². The molecule has 0 radical (unpaired) electrons. The van der Waals surface area contributed by atoms with Crippen molar-refractivity contribution in [3.63, 3.8) is 0 Å². The van der Waals surface area contributed by atoms with Crippen molar-refractivity contribution in [2.75, 3.05) is 31.6 Å². The Labute approximate surface area is 108 Å². The van der Waals surface area contributed by atoms with E-state index in [-0.39, 0.29) is 12.5 Å². The van der Waals surface area contributed by atoms with E-state index in [2.05, 4.69) is 13.0 Å². The Balaban J connectivity index is 2.34. The van der Waals surface area contributed by atoms with Gasteiger partial charge in [-0.1, -0.05) is 17.7 Å². The SMILES string of the molecule is Cc1ccc(N2CCN(C)C(=O)C2CO)c(C)c1. The van der Waals surface area contributed by atoms with E-state index in [9.17, 15) is 9.90 Å². The van der Waals surface area contributed by atoms with Crippen molar-refractivity contribution in [1.82, 2.24) is 4.90 Å². The van der Waals surface area contributed by atoms with Gasteiger partial charge >= 0.3 is 0 Å². The lowest BCUT2D eigenvalue weighted by atomic mass is 10.1. The van der Waals surface area contributed by atoms with E-state index in [1.165, 1.54) is 5.56 Å². The molecule has 0 bridgehead atoms. The van der Waals surface area contributed by atoms with Crippen LogP contribution in [0.25, 0.3) is 0 Å². The molecule has 1 N–H and O–H groups in total. The summed E-state index contributed by atoms with van der Waals surface area (Å²) >= 11 is 0. The zero-order chi connectivity index (χ0) is 13.3. The van der Waals surface area contributed by atoms with Crippen LogP contribution in [0.2, 0.25) is 0 Å². The highest BCUT2D eigenvalue weighted by atomic mass is 16.3. The Morgan fingerprint density at radius 2 is 2.06 bits per heavy atom. The number of benzene rings is 1. The molecule has 98 valence electrons. The van der Waals surface area contributed by atoms with Crippen LogP contribution < -0.4 is 4.90 Å². The molecular weight excluding hydrogens is 228 g/mol. The molecule has 4 nitrogen and oxygen atoms in total. The number of aryl methyl sites for hydroxylation is 2. The first-order valence-electron chi connectivity index (χ1n) is 6.24. The van der Waals surface area contributed by atoms with E-state index in [0.717, 1.165) is 17.8 Å². The Kier molecular flexibility index (Phi) is 3.57. The maximum atomic E-state index is 12.0. The first-order chi connectivity index (χ1) is 8.54. The average molecular weight is 248 g/mol. The van der Waals surface area contributed by atoms with Crippen LogP contribution in [0.4, 0.5) is 5.69 Å². The second-order valence-corrected chi connectivity index (χ2v) is 4.94. The zero-order valence-corrected chi connectivity index (χ0v) is 11.2. The van der Waals surface area contributed by atoms with Gasteiger partial charge in [0.25, 0.3) is 0 Å². The summed E-state index contributed by atoms with van der Waals surface area (Å²) in [6, 6.07) is 5.73. The molecule has 1 aliphatic rings. The van der Waals surface area contributed by atoms with E-state index >= 15 is 0 Å². The van der Waals surface area contributed by atoms with Crippen molar-refractivity contribution in [2.45, 2.75) is 19.9 Å². The summed E-state index contributed by atoms with van der Waals surface area (Å²) in [6.45, 7) is 5.41. The van der Waals surface area contributed by atoms with Crippen molar-refractivity contribution < 1.29 is 9.90 Å². The summed E-state index contributed by atoms with van der Waals surface area (Å²) in [7, 11) is 1.78. The number of hydrogen-bond donors (Lipinski definition) is 1. The smallest absolute Gasteiger partial charge is 0.247 e. The Morgan fingerprint density at radius 3 is 2.67 bits per heavy atom. The second-order valence-electron chi connectivity index (χ2n) is 4.94. The number of hydrogen-bond acceptors (Lipinski definition) is 3. The molecule has 4 heteroatoms. The summed E-state index contributed by atoms with van der Waals surface area (Å²) in [5, 5.41) is 9.47. The summed E-state index contributed by atoms with van der Waals surface area (Å²) in [4.78, 5) is 15.7. The summed E-state index contributed by atoms with van der Waals surface area (Å²) < 4.78 is 0. The highest BCUT2D eigenvalue weighted by Gasteiger charge is 2.33. The van der Waals surface area contributed by atoms with Crippen LogP contribution >= 0.6 is 0 Å². The molecule has 1 atom stereocenters. The maximum Gasteiger partial charge on any atom is 0.247 e. The quantitative estimate of drug-likeness (QED) is 0.847. The molecule has 1 aliphatic heterocycles. The van der Waals surface area contributed by atoms with Crippen molar-refractivity contribution in [1.29, 1.82) is 0 Å². The van der Waals surface area contributed by atoms with Crippen LogP contribution in [-0.2, 0) is 4.79 Å². The number of carbonyl (C=O) groups is 1. The van der Waals surface area contributed by atoms with Gasteiger partial charge < -0.3 is 14.9 Å². The molecule has 0 aromatic heterocycles. The number of nitrogens with zero attached hydrogens (tertiary/aromatic N) is 2. The highest BCUT2D eigenvalue weighted by molar-refractivity contribution is 5.87. The number of likely N-dealkylation sites (N-methyl/N-ethyl adjacent to an activating group) is 1. The Hall–Kier alpha value is -1.55. The lowest BCUT2D eigenvalue weighted by molar-refractivity contribution is -0.133. The van der Waals surface area contributed by atoms with Crippen LogP contribution in [-0.4, -0.2) is 48.7 Å². The average Bonchev–Trinajstić information content (AvgIpc) is 2.33. The number of piperazine rings is 1. The number of carbonyl (C=O) groups excluding carboxylic acids is 1. The summed E-state index contributed by atoms with van der Waals surface area (Å²) in [5.74, 6) is -0.0104. The number of rotatable bonds is 2. The third-order valence-electron chi connectivity index (χ3n) is 3.55. The fraction of sp³-hybridized carbons (Fsp3) is 0.500. The normalized spacial score (nSPS) is 20.4. The molecule has 1 fully saturated rings.